The number of fused-ring (bicyclic) bond motifs is 1. The van der Waals surface area contributed by atoms with Crippen molar-refractivity contribution in [3.8, 4) is 0 Å². The lowest BCUT2D eigenvalue weighted by Gasteiger charge is -2.07. The highest BCUT2D eigenvalue weighted by Gasteiger charge is 2.16. The number of aromatic nitrogens is 4. The minimum atomic E-state index is -0.475. The molecule has 9 heteroatoms. The largest absolute Gasteiger partial charge is 0.368 e. The Bertz CT molecular complexity index is 913. The summed E-state index contributed by atoms with van der Waals surface area (Å²) in [6, 6.07) is 5.65. The van der Waals surface area contributed by atoms with Gasteiger partial charge in [-0.1, -0.05) is 9.61 Å². The second kappa shape index (κ2) is 7.83. The van der Waals surface area contributed by atoms with Crippen LogP contribution in [0.2, 0.25) is 0 Å². The first-order valence-electron chi connectivity index (χ1n) is 7.73. The van der Waals surface area contributed by atoms with Crippen LogP contribution in [0, 0.1) is 24.0 Å². The molecule has 0 unspecified atom stereocenters. The first-order chi connectivity index (χ1) is 12.1. The van der Waals surface area contributed by atoms with Crippen molar-refractivity contribution in [3.05, 3.63) is 52.0 Å². The third kappa shape index (κ3) is 4.10. The van der Waals surface area contributed by atoms with Crippen molar-refractivity contribution in [3.63, 3.8) is 0 Å². The summed E-state index contributed by atoms with van der Waals surface area (Å²) in [6.07, 6.45) is 4.09. The molecule has 0 radical (unpaired) electrons. The van der Waals surface area contributed by atoms with Crippen LogP contribution in [0.5, 0.6) is 0 Å². The lowest BCUT2D eigenvalue weighted by molar-refractivity contribution is -0.391. The number of rotatable bonds is 7. The third-order valence-corrected chi connectivity index (χ3v) is 5.96. The van der Waals surface area contributed by atoms with Crippen molar-refractivity contribution in [1.82, 2.24) is 19.6 Å². The van der Waals surface area contributed by atoms with Crippen molar-refractivity contribution < 1.29 is 4.92 Å². The molecule has 0 fully saturated rings. The summed E-state index contributed by atoms with van der Waals surface area (Å²) in [5.74, 6) is 1.79. The summed E-state index contributed by atoms with van der Waals surface area (Å²) in [5.41, 5.74) is 2.79. The third-order valence-electron chi connectivity index (χ3n) is 3.71. The van der Waals surface area contributed by atoms with Crippen LogP contribution in [0.4, 0.5) is 5.82 Å². The molecule has 0 amide bonds. The molecule has 7 nitrogen and oxygen atoms in total. The molecule has 0 atom stereocenters. The van der Waals surface area contributed by atoms with Crippen LogP contribution in [0.3, 0.4) is 0 Å². The van der Waals surface area contributed by atoms with E-state index < -0.39 is 4.92 Å². The zero-order valence-electron chi connectivity index (χ0n) is 13.9. The SMILES string of the molecule is Cc1nccc(SCCCSc2ccc3ncc([N+](=O)[O-])n3n2)c1C. The van der Waals surface area contributed by atoms with Gasteiger partial charge in [-0.3, -0.25) is 4.98 Å². The van der Waals surface area contributed by atoms with E-state index in [0.29, 0.717) is 5.65 Å². The molecular weight excluding hydrogens is 358 g/mol. The molecule has 0 aliphatic carbocycles. The van der Waals surface area contributed by atoms with Gasteiger partial charge in [0.1, 0.15) is 11.2 Å². The molecule has 0 spiro atoms. The topological polar surface area (TPSA) is 86.2 Å². The molecule has 3 aromatic heterocycles. The number of pyridine rings is 1. The summed E-state index contributed by atoms with van der Waals surface area (Å²) in [7, 11) is 0. The van der Waals surface area contributed by atoms with Crippen LogP contribution in [-0.2, 0) is 0 Å². The molecule has 0 aromatic carbocycles. The molecule has 0 saturated heterocycles. The predicted molar refractivity (Wildman–Crippen MR) is 99.4 cm³/mol. The Morgan fingerprint density at radius 3 is 2.76 bits per heavy atom. The number of hydrogen-bond acceptors (Lipinski definition) is 7. The van der Waals surface area contributed by atoms with Crippen molar-refractivity contribution in [2.45, 2.75) is 30.2 Å². The number of nitrogens with zero attached hydrogens (tertiary/aromatic N) is 5. The van der Waals surface area contributed by atoms with Gasteiger partial charge in [0.2, 0.25) is 5.65 Å². The smallest absolute Gasteiger partial charge is 0.358 e. The summed E-state index contributed by atoms with van der Waals surface area (Å²) in [5, 5.41) is 16.0. The number of aryl methyl sites for hydroxylation is 1. The van der Waals surface area contributed by atoms with E-state index in [4.69, 9.17) is 0 Å². The van der Waals surface area contributed by atoms with E-state index in [2.05, 4.69) is 22.0 Å². The van der Waals surface area contributed by atoms with Crippen LogP contribution in [0.25, 0.3) is 5.65 Å². The predicted octanol–water partition coefficient (Wildman–Crippen LogP) is 3.92. The molecular formula is C16H17N5O2S2. The van der Waals surface area contributed by atoms with Crippen LogP contribution in [0.15, 0.2) is 40.5 Å². The highest BCUT2D eigenvalue weighted by Crippen LogP contribution is 2.25. The molecule has 3 heterocycles. The summed E-state index contributed by atoms with van der Waals surface area (Å²) in [4.78, 5) is 20.0. The van der Waals surface area contributed by atoms with Crippen LogP contribution < -0.4 is 0 Å². The summed E-state index contributed by atoms with van der Waals surface area (Å²) in [6.45, 7) is 4.11. The van der Waals surface area contributed by atoms with Gasteiger partial charge in [-0.25, -0.2) is 4.98 Å². The molecule has 0 saturated carbocycles. The average molecular weight is 375 g/mol. The normalized spacial score (nSPS) is 11.1. The van der Waals surface area contributed by atoms with Crippen LogP contribution >= 0.6 is 23.5 Å². The summed E-state index contributed by atoms with van der Waals surface area (Å²) < 4.78 is 1.28. The highest BCUT2D eigenvalue weighted by atomic mass is 32.2. The number of thioether (sulfide) groups is 2. The molecule has 0 bridgehead atoms. The number of imidazole rings is 1. The van der Waals surface area contributed by atoms with Gasteiger partial charge >= 0.3 is 5.82 Å². The number of hydrogen-bond donors (Lipinski definition) is 0. The second-order valence-corrected chi connectivity index (χ2v) is 7.64. The van der Waals surface area contributed by atoms with E-state index in [1.54, 1.807) is 17.8 Å². The zero-order chi connectivity index (χ0) is 17.8. The lowest BCUT2D eigenvalue weighted by atomic mass is 10.2. The standard InChI is InChI=1S/C16H17N5O2S2/c1-11-12(2)17-7-6-13(11)24-8-3-9-25-15-5-4-14-18-10-16(21(22)23)20(14)19-15/h4-7,10H,3,8-9H2,1-2H3. The van der Waals surface area contributed by atoms with Gasteiger partial charge in [0.25, 0.3) is 0 Å². The quantitative estimate of drug-likeness (QED) is 0.268. The van der Waals surface area contributed by atoms with E-state index in [9.17, 15) is 10.1 Å². The number of nitro groups is 1. The van der Waals surface area contributed by atoms with E-state index in [1.165, 1.54) is 21.2 Å². The molecule has 0 aliphatic rings. The Labute approximate surface area is 153 Å². The minimum Gasteiger partial charge on any atom is -0.358 e. The summed E-state index contributed by atoms with van der Waals surface area (Å²) >= 11 is 3.42. The van der Waals surface area contributed by atoms with Gasteiger partial charge in [0, 0.05) is 28.6 Å². The van der Waals surface area contributed by atoms with Crippen molar-refractivity contribution >= 4 is 35.0 Å². The Kier molecular flexibility index (Phi) is 5.54. The van der Waals surface area contributed by atoms with Gasteiger partial charge < -0.3 is 10.1 Å². The highest BCUT2D eigenvalue weighted by molar-refractivity contribution is 8.00. The first-order valence-corrected chi connectivity index (χ1v) is 9.70. The van der Waals surface area contributed by atoms with E-state index in [1.807, 2.05) is 37.0 Å². The fourth-order valence-corrected chi connectivity index (χ4v) is 4.25. The molecule has 0 N–H and O–H groups in total. The van der Waals surface area contributed by atoms with Crippen LogP contribution in [-0.4, -0.2) is 36.0 Å². The minimum absolute atomic E-state index is 0.114. The van der Waals surface area contributed by atoms with E-state index >= 15 is 0 Å². The van der Waals surface area contributed by atoms with E-state index in [-0.39, 0.29) is 5.82 Å². The Morgan fingerprint density at radius 1 is 1.16 bits per heavy atom. The van der Waals surface area contributed by atoms with Crippen molar-refractivity contribution in [2.24, 2.45) is 0 Å². The van der Waals surface area contributed by atoms with Crippen molar-refractivity contribution in [2.75, 3.05) is 11.5 Å². The van der Waals surface area contributed by atoms with Gasteiger partial charge in [-0.05, 0) is 48.6 Å². The van der Waals surface area contributed by atoms with Gasteiger partial charge in [-0.2, -0.15) is 0 Å². The maximum absolute atomic E-state index is 11.0. The van der Waals surface area contributed by atoms with Gasteiger partial charge in [-0.15, -0.1) is 23.5 Å². The first kappa shape index (κ1) is 17.7. The molecule has 0 aliphatic heterocycles. The molecule has 130 valence electrons. The molecule has 3 aromatic rings. The fourth-order valence-electron chi connectivity index (χ4n) is 2.24. The maximum Gasteiger partial charge on any atom is 0.368 e. The Balaban J connectivity index is 1.54. The molecule has 3 rings (SSSR count). The fraction of sp³-hybridized carbons (Fsp3) is 0.312. The lowest BCUT2D eigenvalue weighted by Crippen LogP contribution is -1.99. The van der Waals surface area contributed by atoms with E-state index in [0.717, 1.165) is 28.6 Å². The van der Waals surface area contributed by atoms with Gasteiger partial charge in [0.05, 0.1) is 0 Å². The van der Waals surface area contributed by atoms with Crippen molar-refractivity contribution in [1.29, 1.82) is 0 Å². The molecule has 25 heavy (non-hydrogen) atoms. The Hall–Kier alpha value is -2.13. The maximum atomic E-state index is 11.0. The second-order valence-electron chi connectivity index (χ2n) is 5.39. The average Bonchev–Trinajstić information content (AvgIpc) is 3.01. The van der Waals surface area contributed by atoms with Gasteiger partial charge in [0.15, 0.2) is 0 Å². The monoisotopic (exact) mass is 375 g/mol. The zero-order valence-corrected chi connectivity index (χ0v) is 15.5. The van der Waals surface area contributed by atoms with Crippen LogP contribution in [0.1, 0.15) is 17.7 Å². The Morgan fingerprint density at radius 2 is 1.96 bits per heavy atom.